The highest BCUT2D eigenvalue weighted by molar-refractivity contribution is 5.21. The molecule has 0 N–H and O–H groups in total. The van der Waals surface area contributed by atoms with Crippen LogP contribution in [0.3, 0.4) is 0 Å². The molecule has 12 heavy (non-hydrogen) atoms. The van der Waals surface area contributed by atoms with Crippen LogP contribution in [0.15, 0.2) is 36.5 Å². The summed E-state index contributed by atoms with van der Waals surface area (Å²) in [6.07, 6.45) is 11.8. The first-order chi connectivity index (χ1) is 5.79. The summed E-state index contributed by atoms with van der Waals surface area (Å²) in [4.78, 5) is 0. The Hall–Kier alpha value is -0.780. The number of allylic oxidation sites excluding steroid dienone is 5. The molecule has 0 spiro atoms. The van der Waals surface area contributed by atoms with E-state index in [1.54, 1.807) is 0 Å². The second-order valence-electron chi connectivity index (χ2n) is 4.04. The van der Waals surface area contributed by atoms with Crippen molar-refractivity contribution in [1.29, 1.82) is 0 Å². The second kappa shape index (κ2) is 2.93. The maximum Gasteiger partial charge on any atom is -0.0102 e. The molecule has 0 bridgehead atoms. The summed E-state index contributed by atoms with van der Waals surface area (Å²) >= 11 is 0. The van der Waals surface area contributed by atoms with Crippen molar-refractivity contribution in [2.24, 2.45) is 17.8 Å². The van der Waals surface area contributed by atoms with Gasteiger partial charge in [0.25, 0.3) is 0 Å². The Bertz CT molecular complexity index is 245. The summed E-state index contributed by atoms with van der Waals surface area (Å²) in [5.74, 6) is 2.31. The van der Waals surface area contributed by atoms with Crippen LogP contribution in [-0.4, -0.2) is 0 Å². The normalized spacial score (nSPS) is 38.2. The van der Waals surface area contributed by atoms with Gasteiger partial charge < -0.3 is 0 Å². The first-order valence-electron chi connectivity index (χ1n) is 4.79. The highest BCUT2D eigenvalue weighted by Gasteiger charge is 2.33. The molecule has 0 heteroatoms. The molecule has 0 aromatic carbocycles. The van der Waals surface area contributed by atoms with Crippen molar-refractivity contribution < 1.29 is 0 Å². The zero-order valence-electron chi connectivity index (χ0n) is 7.66. The van der Waals surface area contributed by atoms with Gasteiger partial charge in [0.15, 0.2) is 0 Å². The number of hydrogen-bond acceptors (Lipinski definition) is 0. The summed E-state index contributed by atoms with van der Waals surface area (Å²) in [5.41, 5.74) is 1.36. The molecular weight excluding hydrogens is 144 g/mol. The zero-order chi connectivity index (χ0) is 8.55. The minimum Gasteiger partial charge on any atom is -0.0998 e. The van der Waals surface area contributed by atoms with E-state index in [9.17, 15) is 0 Å². The molecule has 0 aromatic rings. The Morgan fingerprint density at radius 2 is 2.00 bits per heavy atom. The average molecular weight is 160 g/mol. The lowest BCUT2D eigenvalue weighted by Crippen LogP contribution is -2.13. The fourth-order valence-electron chi connectivity index (χ4n) is 2.53. The fraction of sp³-hybridized carbons (Fsp3) is 0.500. The third kappa shape index (κ3) is 1.16. The summed E-state index contributed by atoms with van der Waals surface area (Å²) in [7, 11) is 0. The second-order valence-corrected chi connectivity index (χ2v) is 4.04. The van der Waals surface area contributed by atoms with Crippen molar-refractivity contribution in [3.05, 3.63) is 36.5 Å². The molecule has 0 aromatic heterocycles. The smallest absolute Gasteiger partial charge is 0.0102 e. The highest BCUT2D eigenvalue weighted by Crippen LogP contribution is 2.43. The lowest BCUT2D eigenvalue weighted by atomic mass is 9.83. The van der Waals surface area contributed by atoms with Crippen LogP contribution in [-0.2, 0) is 0 Å². The topological polar surface area (TPSA) is 0 Å². The van der Waals surface area contributed by atoms with Crippen molar-refractivity contribution in [3.8, 4) is 0 Å². The molecule has 1 saturated carbocycles. The molecule has 0 saturated heterocycles. The SMILES string of the molecule is C=C(C)C1CCC2C=CC=CC21. The lowest BCUT2D eigenvalue weighted by Gasteiger charge is -2.21. The largest absolute Gasteiger partial charge is 0.0998 e. The number of hydrogen-bond donors (Lipinski definition) is 0. The van der Waals surface area contributed by atoms with Gasteiger partial charge in [-0.05, 0) is 37.5 Å². The Labute approximate surface area is 74.7 Å². The van der Waals surface area contributed by atoms with E-state index in [1.807, 2.05) is 0 Å². The van der Waals surface area contributed by atoms with E-state index >= 15 is 0 Å². The Morgan fingerprint density at radius 1 is 1.25 bits per heavy atom. The maximum atomic E-state index is 4.07. The highest BCUT2D eigenvalue weighted by atomic mass is 14.4. The Kier molecular flexibility index (Phi) is 1.92. The van der Waals surface area contributed by atoms with Gasteiger partial charge in [-0.15, -0.1) is 0 Å². The van der Waals surface area contributed by atoms with Gasteiger partial charge in [-0.25, -0.2) is 0 Å². The predicted molar refractivity (Wildman–Crippen MR) is 52.8 cm³/mol. The van der Waals surface area contributed by atoms with E-state index in [-0.39, 0.29) is 0 Å². The predicted octanol–water partition coefficient (Wildman–Crippen LogP) is 3.33. The van der Waals surface area contributed by atoms with Crippen LogP contribution in [0.5, 0.6) is 0 Å². The van der Waals surface area contributed by atoms with Gasteiger partial charge in [0, 0.05) is 0 Å². The van der Waals surface area contributed by atoms with E-state index in [1.165, 1.54) is 18.4 Å². The third-order valence-corrected chi connectivity index (χ3v) is 3.21. The van der Waals surface area contributed by atoms with Crippen molar-refractivity contribution in [2.75, 3.05) is 0 Å². The first kappa shape index (κ1) is 7.85. The molecule has 2 aliphatic carbocycles. The maximum absolute atomic E-state index is 4.07. The molecule has 3 unspecified atom stereocenters. The van der Waals surface area contributed by atoms with Gasteiger partial charge in [-0.2, -0.15) is 0 Å². The van der Waals surface area contributed by atoms with Gasteiger partial charge in [0.1, 0.15) is 0 Å². The monoisotopic (exact) mass is 160 g/mol. The Morgan fingerprint density at radius 3 is 2.75 bits per heavy atom. The first-order valence-corrected chi connectivity index (χ1v) is 4.79. The summed E-state index contributed by atoms with van der Waals surface area (Å²) in [5, 5.41) is 0. The quantitative estimate of drug-likeness (QED) is 0.516. The number of fused-ring (bicyclic) bond motifs is 1. The third-order valence-electron chi connectivity index (χ3n) is 3.21. The molecule has 2 rings (SSSR count). The van der Waals surface area contributed by atoms with Crippen LogP contribution in [0.2, 0.25) is 0 Å². The molecule has 1 fully saturated rings. The molecule has 2 aliphatic rings. The summed E-state index contributed by atoms with van der Waals surface area (Å²) < 4.78 is 0. The van der Waals surface area contributed by atoms with E-state index in [0.717, 1.165) is 17.8 Å². The van der Waals surface area contributed by atoms with Gasteiger partial charge in [0.2, 0.25) is 0 Å². The van der Waals surface area contributed by atoms with Crippen LogP contribution < -0.4 is 0 Å². The van der Waals surface area contributed by atoms with E-state index in [2.05, 4.69) is 37.8 Å². The van der Waals surface area contributed by atoms with Crippen molar-refractivity contribution in [3.63, 3.8) is 0 Å². The van der Waals surface area contributed by atoms with Gasteiger partial charge >= 0.3 is 0 Å². The minimum absolute atomic E-state index is 0.746. The van der Waals surface area contributed by atoms with Crippen molar-refractivity contribution in [1.82, 2.24) is 0 Å². The summed E-state index contributed by atoms with van der Waals surface area (Å²) in [6.45, 7) is 6.24. The molecule has 0 heterocycles. The summed E-state index contributed by atoms with van der Waals surface area (Å²) in [6, 6.07) is 0. The van der Waals surface area contributed by atoms with Crippen molar-refractivity contribution >= 4 is 0 Å². The number of rotatable bonds is 1. The lowest BCUT2D eigenvalue weighted by molar-refractivity contribution is 0.470. The zero-order valence-corrected chi connectivity index (χ0v) is 7.66. The molecular formula is C12H16. The van der Waals surface area contributed by atoms with Crippen molar-refractivity contribution in [2.45, 2.75) is 19.8 Å². The molecule has 3 atom stereocenters. The van der Waals surface area contributed by atoms with E-state index < -0.39 is 0 Å². The molecule has 0 radical (unpaired) electrons. The fourth-order valence-corrected chi connectivity index (χ4v) is 2.53. The van der Waals surface area contributed by atoms with E-state index in [0.29, 0.717) is 0 Å². The average Bonchev–Trinajstić information content (AvgIpc) is 2.47. The Balaban J connectivity index is 2.18. The minimum atomic E-state index is 0.746. The van der Waals surface area contributed by atoms with E-state index in [4.69, 9.17) is 0 Å². The molecule has 0 nitrogen and oxygen atoms in total. The molecule has 0 aliphatic heterocycles. The molecule has 64 valence electrons. The van der Waals surface area contributed by atoms with Gasteiger partial charge in [0.05, 0.1) is 0 Å². The van der Waals surface area contributed by atoms with Crippen LogP contribution in [0.25, 0.3) is 0 Å². The standard InChI is InChI=1S/C12H16/c1-9(2)11-8-7-10-5-3-4-6-12(10)11/h3-6,10-12H,1,7-8H2,2H3. The van der Waals surface area contributed by atoms with Crippen LogP contribution in [0, 0.1) is 17.8 Å². The van der Waals surface area contributed by atoms with Crippen LogP contribution in [0.4, 0.5) is 0 Å². The van der Waals surface area contributed by atoms with Crippen LogP contribution >= 0.6 is 0 Å². The molecule has 0 amide bonds. The van der Waals surface area contributed by atoms with Crippen LogP contribution in [0.1, 0.15) is 19.8 Å². The van der Waals surface area contributed by atoms with Gasteiger partial charge in [-0.1, -0.05) is 36.5 Å². The van der Waals surface area contributed by atoms with Gasteiger partial charge in [-0.3, -0.25) is 0 Å².